The first-order valence-corrected chi connectivity index (χ1v) is 8.19. The molecular weight excluding hydrogens is 260 g/mol. The van der Waals surface area contributed by atoms with Gasteiger partial charge in [0.25, 0.3) is 0 Å². The molecule has 1 aromatic rings. The minimum Gasteiger partial charge on any atom is -0.497 e. The van der Waals surface area contributed by atoms with Gasteiger partial charge in [-0.05, 0) is 43.7 Å². The Morgan fingerprint density at radius 3 is 2.71 bits per heavy atom. The molecule has 1 aliphatic carbocycles. The van der Waals surface area contributed by atoms with Crippen LogP contribution in [0.25, 0.3) is 0 Å². The summed E-state index contributed by atoms with van der Waals surface area (Å²) < 4.78 is 5.41. The Balaban J connectivity index is 1.89. The molecule has 0 spiro atoms. The van der Waals surface area contributed by atoms with Crippen LogP contribution in [0.5, 0.6) is 5.75 Å². The lowest BCUT2D eigenvalue weighted by atomic mass is 9.87. The largest absolute Gasteiger partial charge is 0.497 e. The van der Waals surface area contributed by atoms with Crippen molar-refractivity contribution in [1.82, 2.24) is 5.32 Å². The van der Waals surface area contributed by atoms with Gasteiger partial charge in [0.05, 0.1) is 7.11 Å². The summed E-state index contributed by atoms with van der Waals surface area (Å²) in [5.41, 5.74) is 1.55. The molecule has 116 valence electrons. The Labute approximate surface area is 128 Å². The number of hydrogen-bond donors (Lipinski definition) is 1. The lowest BCUT2D eigenvalue weighted by Crippen LogP contribution is -2.65. The van der Waals surface area contributed by atoms with Crippen LogP contribution in [0.1, 0.15) is 33.6 Å². The van der Waals surface area contributed by atoms with Gasteiger partial charge in [-0.25, -0.2) is 0 Å². The Morgan fingerprint density at radius 1 is 1.33 bits per heavy atom. The Kier molecular flexibility index (Phi) is 3.87. The molecule has 0 amide bonds. The van der Waals surface area contributed by atoms with Crippen molar-refractivity contribution < 1.29 is 4.74 Å². The van der Waals surface area contributed by atoms with Gasteiger partial charge in [0.2, 0.25) is 0 Å². The van der Waals surface area contributed by atoms with E-state index in [9.17, 15) is 0 Å². The van der Waals surface area contributed by atoms with Gasteiger partial charge in [0.15, 0.2) is 0 Å². The van der Waals surface area contributed by atoms with Gasteiger partial charge in [-0.1, -0.05) is 19.9 Å². The number of methoxy groups -OCH3 is 1. The van der Waals surface area contributed by atoms with Crippen LogP contribution in [-0.2, 0) is 0 Å². The zero-order valence-corrected chi connectivity index (χ0v) is 13.7. The van der Waals surface area contributed by atoms with Crippen molar-refractivity contribution in [3.63, 3.8) is 0 Å². The molecular formula is C18H28N2O. The molecule has 0 radical (unpaired) electrons. The quantitative estimate of drug-likeness (QED) is 0.920. The molecule has 1 N–H and O–H groups in total. The summed E-state index contributed by atoms with van der Waals surface area (Å²) in [5.74, 6) is 2.42. The number of ether oxygens (including phenoxy) is 1. The van der Waals surface area contributed by atoms with E-state index >= 15 is 0 Å². The average Bonchev–Trinajstić information content (AvgIpc) is 3.32. The van der Waals surface area contributed by atoms with E-state index in [1.165, 1.54) is 18.5 Å². The monoisotopic (exact) mass is 288 g/mol. The normalized spacial score (nSPS) is 29.8. The van der Waals surface area contributed by atoms with E-state index in [0.717, 1.165) is 24.8 Å². The van der Waals surface area contributed by atoms with Crippen LogP contribution < -0.4 is 15.0 Å². The van der Waals surface area contributed by atoms with Crippen LogP contribution in [0.3, 0.4) is 0 Å². The number of hydrogen-bond acceptors (Lipinski definition) is 3. The highest BCUT2D eigenvalue weighted by molar-refractivity contribution is 5.53. The Morgan fingerprint density at radius 2 is 2.10 bits per heavy atom. The zero-order valence-electron chi connectivity index (χ0n) is 13.7. The van der Waals surface area contributed by atoms with Crippen molar-refractivity contribution in [3.05, 3.63) is 24.3 Å². The second kappa shape index (κ2) is 5.53. The SMILES string of the molecule is COc1cccc(N2CC(C)(C3CC3)NCC2C(C)C)c1. The third-order valence-corrected chi connectivity index (χ3v) is 5.25. The van der Waals surface area contributed by atoms with Crippen LogP contribution in [0.4, 0.5) is 5.69 Å². The smallest absolute Gasteiger partial charge is 0.120 e. The molecule has 3 nitrogen and oxygen atoms in total. The first kappa shape index (κ1) is 14.7. The van der Waals surface area contributed by atoms with E-state index < -0.39 is 0 Å². The molecule has 2 fully saturated rings. The van der Waals surface area contributed by atoms with Gasteiger partial charge in [0, 0.05) is 36.4 Å². The van der Waals surface area contributed by atoms with Crippen LogP contribution >= 0.6 is 0 Å². The molecule has 2 unspecified atom stereocenters. The van der Waals surface area contributed by atoms with Crippen molar-refractivity contribution in [2.24, 2.45) is 11.8 Å². The Bertz CT molecular complexity index is 498. The maximum atomic E-state index is 5.41. The summed E-state index contributed by atoms with van der Waals surface area (Å²) in [5, 5.41) is 3.84. The fraction of sp³-hybridized carbons (Fsp3) is 0.667. The van der Waals surface area contributed by atoms with Gasteiger partial charge in [-0.2, -0.15) is 0 Å². The molecule has 21 heavy (non-hydrogen) atoms. The molecule has 1 aromatic carbocycles. The molecule has 1 heterocycles. The van der Waals surface area contributed by atoms with Crippen molar-refractivity contribution in [2.75, 3.05) is 25.1 Å². The highest BCUT2D eigenvalue weighted by Crippen LogP contribution is 2.42. The van der Waals surface area contributed by atoms with Gasteiger partial charge in [-0.3, -0.25) is 0 Å². The molecule has 1 aliphatic heterocycles. The molecule has 2 aliphatic rings. The highest BCUT2D eigenvalue weighted by Gasteiger charge is 2.46. The van der Waals surface area contributed by atoms with Gasteiger partial charge in [0.1, 0.15) is 5.75 Å². The van der Waals surface area contributed by atoms with E-state index in [0.29, 0.717) is 12.0 Å². The molecule has 3 rings (SSSR count). The molecule has 2 atom stereocenters. The summed E-state index contributed by atoms with van der Waals surface area (Å²) in [6.45, 7) is 9.20. The summed E-state index contributed by atoms with van der Waals surface area (Å²) in [6.07, 6.45) is 2.75. The fourth-order valence-corrected chi connectivity index (χ4v) is 3.64. The Hall–Kier alpha value is -1.22. The third-order valence-electron chi connectivity index (χ3n) is 5.25. The van der Waals surface area contributed by atoms with E-state index in [1.807, 2.05) is 6.07 Å². The van der Waals surface area contributed by atoms with E-state index in [4.69, 9.17) is 4.74 Å². The predicted molar refractivity (Wildman–Crippen MR) is 88.1 cm³/mol. The van der Waals surface area contributed by atoms with Gasteiger partial charge in [-0.15, -0.1) is 0 Å². The van der Waals surface area contributed by atoms with E-state index in [1.54, 1.807) is 7.11 Å². The second-order valence-corrected chi connectivity index (χ2v) is 7.21. The number of benzene rings is 1. The summed E-state index contributed by atoms with van der Waals surface area (Å²) in [7, 11) is 1.74. The van der Waals surface area contributed by atoms with E-state index in [2.05, 4.69) is 49.2 Å². The zero-order chi connectivity index (χ0) is 15.0. The molecule has 0 bridgehead atoms. The van der Waals surface area contributed by atoms with Crippen LogP contribution in [-0.4, -0.2) is 31.8 Å². The molecule has 3 heteroatoms. The number of piperazine rings is 1. The van der Waals surface area contributed by atoms with Crippen molar-refractivity contribution in [2.45, 2.75) is 45.2 Å². The average molecular weight is 288 g/mol. The van der Waals surface area contributed by atoms with Crippen molar-refractivity contribution in [1.29, 1.82) is 0 Å². The summed E-state index contributed by atoms with van der Waals surface area (Å²) in [4.78, 5) is 2.60. The third kappa shape index (κ3) is 2.89. The first-order chi connectivity index (χ1) is 10.0. The maximum Gasteiger partial charge on any atom is 0.120 e. The number of nitrogens with zero attached hydrogens (tertiary/aromatic N) is 1. The van der Waals surface area contributed by atoms with Gasteiger partial charge < -0.3 is 15.0 Å². The summed E-state index contributed by atoms with van der Waals surface area (Å²) in [6, 6.07) is 9.06. The molecule has 1 saturated heterocycles. The lowest BCUT2D eigenvalue weighted by molar-refractivity contribution is 0.233. The molecule has 0 aromatic heterocycles. The standard InChI is InChI=1S/C18H28N2O/c1-13(2)17-11-19-18(3,14-8-9-14)12-20(17)15-6-5-7-16(10-15)21-4/h5-7,10,13-14,17,19H,8-9,11-12H2,1-4H3. The highest BCUT2D eigenvalue weighted by atomic mass is 16.5. The fourth-order valence-electron chi connectivity index (χ4n) is 3.64. The van der Waals surface area contributed by atoms with Gasteiger partial charge >= 0.3 is 0 Å². The minimum absolute atomic E-state index is 0.258. The number of anilines is 1. The number of rotatable bonds is 4. The lowest BCUT2D eigenvalue weighted by Gasteiger charge is -2.49. The van der Waals surface area contributed by atoms with Crippen molar-refractivity contribution >= 4 is 5.69 Å². The number of nitrogens with one attached hydrogen (secondary N) is 1. The first-order valence-electron chi connectivity index (χ1n) is 8.19. The second-order valence-electron chi connectivity index (χ2n) is 7.21. The maximum absolute atomic E-state index is 5.41. The van der Waals surface area contributed by atoms with Crippen LogP contribution in [0, 0.1) is 11.8 Å². The topological polar surface area (TPSA) is 24.5 Å². The predicted octanol–water partition coefficient (Wildman–Crippen LogP) is 3.30. The van der Waals surface area contributed by atoms with Crippen LogP contribution in [0.15, 0.2) is 24.3 Å². The summed E-state index contributed by atoms with van der Waals surface area (Å²) >= 11 is 0. The molecule has 1 saturated carbocycles. The van der Waals surface area contributed by atoms with Crippen LogP contribution in [0.2, 0.25) is 0 Å². The van der Waals surface area contributed by atoms with E-state index in [-0.39, 0.29) is 5.54 Å². The van der Waals surface area contributed by atoms with Crippen molar-refractivity contribution in [3.8, 4) is 5.75 Å². The minimum atomic E-state index is 0.258.